The van der Waals surface area contributed by atoms with Gasteiger partial charge in [-0.2, -0.15) is 18.3 Å². The lowest BCUT2D eigenvalue weighted by molar-refractivity contribution is -0.384. The average Bonchev–Trinajstić information content (AvgIpc) is 2.87. The molecule has 1 aromatic heterocycles. The quantitative estimate of drug-likeness (QED) is 0.672. The van der Waals surface area contributed by atoms with Crippen LogP contribution in [-0.4, -0.2) is 21.0 Å². The molecule has 7 nitrogen and oxygen atoms in total. The number of aromatic amines is 1. The maximum Gasteiger partial charge on any atom is 0.432 e. The number of nitro groups is 1. The molecule has 0 unspecified atom stereocenters. The van der Waals surface area contributed by atoms with Gasteiger partial charge in [0, 0.05) is 11.6 Å². The zero-order valence-corrected chi connectivity index (χ0v) is 11.1. The van der Waals surface area contributed by atoms with E-state index in [1.54, 1.807) is 5.10 Å². The molecule has 0 atom stereocenters. The number of halogens is 3. The maximum absolute atomic E-state index is 12.4. The van der Waals surface area contributed by atoms with Crippen molar-refractivity contribution < 1.29 is 22.9 Å². The first-order chi connectivity index (χ1) is 10.2. The number of anilines is 1. The van der Waals surface area contributed by atoms with Gasteiger partial charge in [0.15, 0.2) is 5.69 Å². The fourth-order valence-electron chi connectivity index (χ4n) is 1.77. The summed E-state index contributed by atoms with van der Waals surface area (Å²) in [5.74, 6) is -0.986. The van der Waals surface area contributed by atoms with Crippen molar-refractivity contribution in [1.82, 2.24) is 10.2 Å². The van der Waals surface area contributed by atoms with Crippen LogP contribution < -0.4 is 5.32 Å². The number of aromatic nitrogens is 2. The lowest BCUT2D eigenvalue weighted by Gasteiger charge is -2.06. The molecule has 2 N–H and O–H groups in total. The van der Waals surface area contributed by atoms with Crippen LogP contribution in [0, 0.1) is 17.0 Å². The van der Waals surface area contributed by atoms with Crippen LogP contribution in [0.4, 0.5) is 24.5 Å². The fraction of sp³-hybridized carbons (Fsp3) is 0.167. The molecule has 0 spiro atoms. The summed E-state index contributed by atoms with van der Waals surface area (Å²) in [5, 5.41) is 18.1. The molecule has 0 fully saturated rings. The molecule has 1 aromatic carbocycles. The lowest BCUT2D eigenvalue weighted by atomic mass is 10.1. The Morgan fingerprint density at radius 1 is 1.41 bits per heavy atom. The SMILES string of the molecule is Cc1cccc(NC(=O)c2cc(C(F)(F)F)[nH]n2)c1[N+](=O)[O-]. The van der Waals surface area contributed by atoms with Crippen molar-refractivity contribution in [3.63, 3.8) is 0 Å². The van der Waals surface area contributed by atoms with E-state index in [1.165, 1.54) is 25.1 Å². The summed E-state index contributed by atoms with van der Waals surface area (Å²) in [6.07, 6.45) is -4.67. The van der Waals surface area contributed by atoms with Gasteiger partial charge in [-0.15, -0.1) is 0 Å². The molecule has 0 aliphatic rings. The highest BCUT2D eigenvalue weighted by Crippen LogP contribution is 2.30. The second-order valence-electron chi connectivity index (χ2n) is 4.35. The molecule has 1 heterocycles. The van der Waals surface area contributed by atoms with Crippen LogP contribution in [0.15, 0.2) is 24.3 Å². The minimum absolute atomic E-state index is 0.119. The van der Waals surface area contributed by atoms with E-state index in [0.717, 1.165) is 0 Å². The molecule has 2 rings (SSSR count). The third kappa shape index (κ3) is 3.05. The zero-order chi connectivity index (χ0) is 16.5. The summed E-state index contributed by atoms with van der Waals surface area (Å²) in [5.41, 5.74) is -1.85. The van der Waals surface area contributed by atoms with Gasteiger partial charge in [-0.25, -0.2) is 0 Å². The van der Waals surface area contributed by atoms with E-state index >= 15 is 0 Å². The van der Waals surface area contributed by atoms with E-state index in [2.05, 4.69) is 10.4 Å². The number of H-pyrrole nitrogens is 1. The number of nitro benzene ring substituents is 1. The Kier molecular flexibility index (Phi) is 3.85. The Labute approximate surface area is 121 Å². The van der Waals surface area contributed by atoms with Crippen LogP contribution in [0.25, 0.3) is 0 Å². The first-order valence-corrected chi connectivity index (χ1v) is 5.88. The molecule has 0 radical (unpaired) electrons. The molecule has 2 aromatic rings. The van der Waals surface area contributed by atoms with Crippen LogP contribution in [0.5, 0.6) is 0 Å². The van der Waals surface area contributed by atoms with E-state index in [9.17, 15) is 28.1 Å². The monoisotopic (exact) mass is 314 g/mol. The van der Waals surface area contributed by atoms with E-state index < -0.39 is 28.4 Å². The number of hydrogen-bond donors (Lipinski definition) is 2. The third-order valence-corrected chi connectivity index (χ3v) is 2.78. The van der Waals surface area contributed by atoms with E-state index in [-0.39, 0.29) is 11.4 Å². The maximum atomic E-state index is 12.4. The summed E-state index contributed by atoms with van der Waals surface area (Å²) in [6.45, 7) is 1.48. The van der Waals surface area contributed by atoms with Crippen LogP contribution >= 0.6 is 0 Å². The van der Waals surface area contributed by atoms with Crippen LogP contribution in [0.2, 0.25) is 0 Å². The number of carbonyl (C=O) groups excluding carboxylic acids is 1. The number of amides is 1. The normalized spacial score (nSPS) is 11.3. The molecule has 0 saturated heterocycles. The topological polar surface area (TPSA) is 101 Å². The number of alkyl halides is 3. The number of benzene rings is 1. The van der Waals surface area contributed by atoms with Gasteiger partial charge in [-0.1, -0.05) is 12.1 Å². The first-order valence-electron chi connectivity index (χ1n) is 5.88. The van der Waals surface area contributed by atoms with Crippen molar-refractivity contribution >= 4 is 17.3 Å². The van der Waals surface area contributed by atoms with Gasteiger partial charge in [-0.05, 0) is 13.0 Å². The Hall–Kier alpha value is -2.91. The molecule has 0 bridgehead atoms. The van der Waals surface area contributed by atoms with Gasteiger partial charge in [0.2, 0.25) is 0 Å². The number of aryl methyl sites for hydroxylation is 1. The van der Waals surface area contributed by atoms with Crippen molar-refractivity contribution in [2.24, 2.45) is 0 Å². The van der Waals surface area contributed by atoms with Gasteiger partial charge in [0.05, 0.1) is 4.92 Å². The summed E-state index contributed by atoms with van der Waals surface area (Å²) < 4.78 is 37.3. The van der Waals surface area contributed by atoms with Gasteiger partial charge >= 0.3 is 6.18 Å². The van der Waals surface area contributed by atoms with Crippen molar-refractivity contribution in [2.45, 2.75) is 13.1 Å². The highest BCUT2D eigenvalue weighted by atomic mass is 19.4. The third-order valence-electron chi connectivity index (χ3n) is 2.78. The van der Waals surface area contributed by atoms with Gasteiger partial charge in [-0.3, -0.25) is 20.0 Å². The first kappa shape index (κ1) is 15.5. The minimum Gasteiger partial charge on any atom is -0.315 e. The van der Waals surface area contributed by atoms with Crippen LogP contribution in [-0.2, 0) is 6.18 Å². The van der Waals surface area contributed by atoms with E-state index in [1.807, 2.05) is 0 Å². The molecule has 0 aliphatic heterocycles. The smallest absolute Gasteiger partial charge is 0.315 e. The second-order valence-corrected chi connectivity index (χ2v) is 4.35. The van der Waals surface area contributed by atoms with Crippen molar-refractivity contribution in [3.8, 4) is 0 Å². The molecule has 0 saturated carbocycles. The molecular formula is C12H9F3N4O3. The molecule has 10 heteroatoms. The van der Waals surface area contributed by atoms with Crippen molar-refractivity contribution in [2.75, 3.05) is 5.32 Å². The van der Waals surface area contributed by atoms with Gasteiger partial charge < -0.3 is 5.32 Å². The number of nitrogens with one attached hydrogen (secondary N) is 2. The highest BCUT2D eigenvalue weighted by molar-refractivity contribution is 6.04. The lowest BCUT2D eigenvalue weighted by Crippen LogP contribution is -2.14. The number of para-hydroxylation sites is 1. The standard InChI is InChI=1S/C12H9F3N4O3/c1-6-3-2-4-7(10(6)19(21)22)16-11(20)8-5-9(18-17-8)12(13,14)15/h2-5H,1H3,(H,16,20)(H,17,18). The summed E-state index contributed by atoms with van der Waals surface area (Å²) in [6, 6.07) is 4.76. The van der Waals surface area contributed by atoms with E-state index in [4.69, 9.17) is 0 Å². The molecule has 116 valence electrons. The number of nitrogens with zero attached hydrogens (tertiary/aromatic N) is 2. The Morgan fingerprint density at radius 3 is 2.64 bits per heavy atom. The Balaban J connectivity index is 2.28. The second kappa shape index (κ2) is 5.47. The average molecular weight is 314 g/mol. The zero-order valence-electron chi connectivity index (χ0n) is 11.1. The van der Waals surface area contributed by atoms with Crippen LogP contribution in [0.3, 0.4) is 0 Å². The molecule has 1 amide bonds. The summed E-state index contributed by atoms with van der Waals surface area (Å²) in [7, 11) is 0. The highest BCUT2D eigenvalue weighted by Gasteiger charge is 2.34. The molecular weight excluding hydrogens is 305 g/mol. The number of hydrogen-bond acceptors (Lipinski definition) is 4. The minimum atomic E-state index is -4.67. The number of carbonyl (C=O) groups is 1. The number of rotatable bonds is 3. The Bertz CT molecular complexity index is 739. The summed E-state index contributed by atoms with van der Waals surface area (Å²) in [4.78, 5) is 22.2. The van der Waals surface area contributed by atoms with Gasteiger partial charge in [0.1, 0.15) is 11.4 Å². The van der Waals surface area contributed by atoms with Crippen molar-refractivity contribution in [3.05, 3.63) is 51.3 Å². The summed E-state index contributed by atoms with van der Waals surface area (Å²) >= 11 is 0. The largest absolute Gasteiger partial charge is 0.432 e. The molecule has 0 aliphatic carbocycles. The van der Waals surface area contributed by atoms with E-state index in [0.29, 0.717) is 11.6 Å². The fourth-order valence-corrected chi connectivity index (χ4v) is 1.77. The van der Waals surface area contributed by atoms with Crippen molar-refractivity contribution in [1.29, 1.82) is 0 Å². The Morgan fingerprint density at radius 2 is 2.09 bits per heavy atom. The van der Waals surface area contributed by atoms with Gasteiger partial charge in [0.25, 0.3) is 11.6 Å². The molecule has 22 heavy (non-hydrogen) atoms. The van der Waals surface area contributed by atoms with Crippen LogP contribution in [0.1, 0.15) is 21.7 Å². The predicted octanol–water partition coefficient (Wildman–Crippen LogP) is 2.90. The predicted molar refractivity (Wildman–Crippen MR) is 69.4 cm³/mol.